The zero-order valence-corrected chi connectivity index (χ0v) is 13.9. The molecular weight excluding hydrogens is 350 g/mol. The van der Waals surface area contributed by atoms with E-state index in [1.165, 1.54) is 12.3 Å². The van der Waals surface area contributed by atoms with Gasteiger partial charge in [0.15, 0.2) is 16.8 Å². The van der Waals surface area contributed by atoms with Crippen LogP contribution in [0.3, 0.4) is 0 Å². The number of carbonyl (C=O) groups excluding carboxylic acids is 3. The minimum atomic E-state index is -1.26. The Labute approximate surface area is 145 Å². The van der Waals surface area contributed by atoms with Gasteiger partial charge in [0, 0.05) is 6.20 Å². The Balaban J connectivity index is 2.23. The summed E-state index contributed by atoms with van der Waals surface area (Å²) in [6.07, 6.45) is 1.48. The predicted molar refractivity (Wildman–Crippen MR) is 85.1 cm³/mol. The molecule has 1 amide bonds. The van der Waals surface area contributed by atoms with Gasteiger partial charge in [-0.1, -0.05) is 11.8 Å². The van der Waals surface area contributed by atoms with Crippen molar-refractivity contribution in [3.63, 3.8) is 0 Å². The maximum atomic E-state index is 12.6. The molecule has 0 fully saturated rings. The van der Waals surface area contributed by atoms with Gasteiger partial charge in [-0.05, 0) is 12.1 Å². The van der Waals surface area contributed by atoms with Crippen LogP contribution >= 0.6 is 11.8 Å². The second-order valence-corrected chi connectivity index (χ2v) is 5.75. The van der Waals surface area contributed by atoms with E-state index in [-0.39, 0.29) is 22.2 Å². The molecule has 2 aromatic rings. The number of fused-ring (bicyclic) bond motifs is 4. The number of hydrogen-bond acceptors (Lipinski definition) is 9. The van der Waals surface area contributed by atoms with Gasteiger partial charge in [0.05, 0.1) is 19.8 Å². The number of aromatic amines is 1. The van der Waals surface area contributed by atoms with E-state index in [0.717, 1.165) is 26.0 Å². The first kappa shape index (κ1) is 16.8. The number of rotatable bonds is 2. The van der Waals surface area contributed by atoms with Crippen LogP contribution in [0.15, 0.2) is 28.5 Å². The summed E-state index contributed by atoms with van der Waals surface area (Å²) in [7, 11) is 2.27. The van der Waals surface area contributed by atoms with Crippen molar-refractivity contribution in [1.82, 2.24) is 20.2 Å². The number of nitrogens with zero attached hydrogens (tertiary/aromatic N) is 4. The summed E-state index contributed by atoms with van der Waals surface area (Å²) in [4.78, 5) is 48.9. The normalized spacial score (nSPS) is 16.5. The molecule has 0 aliphatic carbocycles. The molecule has 128 valence electrons. The Morgan fingerprint density at radius 2 is 2.08 bits per heavy atom. The quantitative estimate of drug-likeness (QED) is 0.747. The van der Waals surface area contributed by atoms with Gasteiger partial charge in [0.2, 0.25) is 5.16 Å². The fraction of sp³-hybridized carbons (Fsp3) is 0.214. The van der Waals surface area contributed by atoms with Crippen LogP contribution in [0.1, 0.15) is 10.4 Å². The first-order chi connectivity index (χ1) is 12.0. The topological polar surface area (TPSA) is 136 Å². The molecule has 1 aliphatic heterocycles. The summed E-state index contributed by atoms with van der Waals surface area (Å²) in [5, 5.41) is 5.52. The van der Waals surface area contributed by atoms with E-state index < -0.39 is 28.8 Å². The Morgan fingerprint density at radius 3 is 2.80 bits per heavy atom. The van der Waals surface area contributed by atoms with E-state index >= 15 is 0 Å². The summed E-state index contributed by atoms with van der Waals surface area (Å²) in [5.74, 6) is -2.25. The first-order valence-electron chi connectivity index (χ1n) is 6.88. The largest absolute Gasteiger partial charge is 0.468 e. The third-order valence-corrected chi connectivity index (χ3v) is 4.28. The molecule has 0 aromatic carbocycles. The number of aliphatic imine (C=N–C) groups is 1. The number of methoxy groups -OCH3 is 2. The van der Waals surface area contributed by atoms with Crippen LogP contribution in [-0.4, -0.2) is 63.2 Å². The fourth-order valence-corrected chi connectivity index (χ4v) is 2.99. The van der Waals surface area contributed by atoms with Gasteiger partial charge >= 0.3 is 11.9 Å². The van der Waals surface area contributed by atoms with Crippen LogP contribution < -0.4 is 0 Å². The molecule has 3 heterocycles. The number of hydrogen-bond donors (Lipinski definition) is 1. The Bertz CT molecular complexity index is 893. The molecule has 0 spiro atoms. The Hall–Kier alpha value is -3.08. The lowest BCUT2D eigenvalue weighted by Crippen LogP contribution is -2.35. The molecule has 1 atom stereocenters. The van der Waals surface area contributed by atoms with Crippen LogP contribution in [0.4, 0.5) is 0 Å². The van der Waals surface area contributed by atoms with Gasteiger partial charge in [-0.25, -0.2) is 9.79 Å². The van der Waals surface area contributed by atoms with Gasteiger partial charge < -0.3 is 9.47 Å². The second kappa shape index (κ2) is 6.81. The standard InChI is InChI=1S/C14H11N5O5S/c1-23-12(21)8-9(13(22)24-2)25-14-17-10(18-19-14)7-6(11(20)16-8)4-3-5-15-7/h3-5,9H,1-2H3,(H,17,18,19)/t9-/m1/s1. The van der Waals surface area contributed by atoms with Gasteiger partial charge in [0.25, 0.3) is 5.91 Å². The second-order valence-electron chi connectivity index (χ2n) is 4.68. The van der Waals surface area contributed by atoms with Crippen molar-refractivity contribution in [2.75, 3.05) is 14.2 Å². The van der Waals surface area contributed by atoms with E-state index in [9.17, 15) is 14.4 Å². The van der Waals surface area contributed by atoms with Gasteiger partial charge in [-0.3, -0.25) is 19.7 Å². The van der Waals surface area contributed by atoms with Crippen LogP contribution in [0.25, 0.3) is 11.5 Å². The molecule has 2 bridgehead atoms. The number of amides is 1. The predicted octanol–water partition coefficient (Wildman–Crippen LogP) is 0.268. The van der Waals surface area contributed by atoms with Crippen LogP contribution in [-0.2, 0) is 19.1 Å². The van der Waals surface area contributed by atoms with Gasteiger partial charge in [-0.2, -0.15) is 4.98 Å². The smallest absolute Gasteiger partial charge is 0.354 e. The molecule has 3 rings (SSSR count). The molecule has 2 aromatic heterocycles. The van der Waals surface area contributed by atoms with E-state index in [2.05, 4.69) is 29.9 Å². The Kier molecular flexibility index (Phi) is 4.57. The number of esters is 2. The van der Waals surface area contributed by atoms with E-state index in [1.807, 2.05) is 0 Å². The molecule has 11 heteroatoms. The molecule has 0 radical (unpaired) electrons. The van der Waals surface area contributed by atoms with Crippen LogP contribution in [0.5, 0.6) is 0 Å². The highest BCUT2D eigenvalue weighted by atomic mass is 32.2. The van der Waals surface area contributed by atoms with E-state index in [0.29, 0.717) is 0 Å². The highest BCUT2D eigenvalue weighted by Gasteiger charge is 2.36. The highest BCUT2D eigenvalue weighted by Crippen LogP contribution is 2.27. The van der Waals surface area contributed by atoms with Crippen LogP contribution in [0, 0.1) is 0 Å². The lowest BCUT2D eigenvalue weighted by molar-refractivity contribution is -0.140. The summed E-state index contributed by atoms with van der Waals surface area (Å²) in [6.45, 7) is 0. The molecule has 25 heavy (non-hydrogen) atoms. The average molecular weight is 361 g/mol. The van der Waals surface area contributed by atoms with Crippen molar-refractivity contribution < 1.29 is 23.9 Å². The van der Waals surface area contributed by atoms with Crippen molar-refractivity contribution in [3.8, 4) is 11.5 Å². The van der Waals surface area contributed by atoms with Crippen molar-refractivity contribution in [2.45, 2.75) is 10.4 Å². The number of ether oxygens (including phenoxy) is 2. The average Bonchev–Trinajstić information content (AvgIpc) is 3.10. The lowest BCUT2D eigenvalue weighted by atomic mass is 10.1. The number of aromatic nitrogens is 4. The van der Waals surface area contributed by atoms with Gasteiger partial charge in [0.1, 0.15) is 5.69 Å². The van der Waals surface area contributed by atoms with E-state index in [1.54, 1.807) is 6.07 Å². The number of pyridine rings is 1. The summed E-state index contributed by atoms with van der Waals surface area (Å²) in [6, 6.07) is 3.02. The fourth-order valence-electron chi connectivity index (χ4n) is 2.09. The molecule has 0 unspecified atom stereocenters. The molecule has 1 N–H and O–H groups in total. The molecular formula is C14H11N5O5S. The third-order valence-electron chi connectivity index (χ3n) is 3.23. The summed E-state index contributed by atoms with van der Waals surface area (Å²) >= 11 is 0.805. The summed E-state index contributed by atoms with van der Waals surface area (Å²) < 4.78 is 9.35. The number of carbonyl (C=O) groups is 3. The molecule has 1 aliphatic rings. The Morgan fingerprint density at radius 1 is 1.28 bits per heavy atom. The van der Waals surface area contributed by atoms with Crippen molar-refractivity contribution in [2.24, 2.45) is 4.99 Å². The highest BCUT2D eigenvalue weighted by molar-refractivity contribution is 8.01. The monoisotopic (exact) mass is 361 g/mol. The van der Waals surface area contributed by atoms with Crippen molar-refractivity contribution in [1.29, 1.82) is 0 Å². The van der Waals surface area contributed by atoms with Crippen molar-refractivity contribution >= 4 is 35.3 Å². The maximum absolute atomic E-state index is 12.6. The number of H-pyrrole nitrogens is 1. The van der Waals surface area contributed by atoms with E-state index in [4.69, 9.17) is 4.74 Å². The van der Waals surface area contributed by atoms with Crippen LogP contribution in [0.2, 0.25) is 0 Å². The first-order valence-corrected chi connectivity index (χ1v) is 7.76. The SMILES string of the molecule is COC(=O)C1=NC(=O)c2cccnc2-c2nc(n[nH]2)S[C@H]1C(=O)OC. The lowest BCUT2D eigenvalue weighted by Gasteiger charge is -2.14. The zero-order chi connectivity index (χ0) is 18.0. The zero-order valence-electron chi connectivity index (χ0n) is 13.0. The molecule has 10 nitrogen and oxygen atoms in total. The third kappa shape index (κ3) is 3.13. The minimum Gasteiger partial charge on any atom is -0.468 e. The maximum Gasteiger partial charge on any atom is 0.354 e. The summed E-state index contributed by atoms with van der Waals surface area (Å²) in [5.41, 5.74) is -0.0779. The van der Waals surface area contributed by atoms with Gasteiger partial charge in [-0.15, -0.1) is 5.10 Å². The van der Waals surface area contributed by atoms with Crippen molar-refractivity contribution in [3.05, 3.63) is 23.9 Å². The number of nitrogens with one attached hydrogen (secondary N) is 1. The minimum absolute atomic E-state index is 0.0992. The molecule has 0 saturated carbocycles. The number of thioether (sulfide) groups is 1. The molecule has 0 saturated heterocycles.